The number of fused-ring (bicyclic) bond motifs is 1. The zero-order valence-corrected chi connectivity index (χ0v) is 18.6. The van der Waals surface area contributed by atoms with Crippen molar-refractivity contribution < 1.29 is 13.9 Å². The molecule has 5 rings (SSSR count). The maximum absolute atomic E-state index is 13.2. The highest BCUT2D eigenvalue weighted by atomic mass is 32.2. The van der Waals surface area contributed by atoms with Crippen LogP contribution in [0.1, 0.15) is 29.3 Å². The second-order valence-corrected chi connectivity index (χ2v) is 8.56. The molecule has 0 unspecified atom stereocenters. The summed E-state index contributed by atoms with van der Waals surface area (Å²) in [6, 6.07) is 17.2. The predicted molar refractivity (Wildman–Crippen MR) is 124 cm³/mol. The fourth-order valence-corrected chi connectivity index (χ4v) is 4.50. The topological polar surface area (TPSA) is 83.7 Å². The van der Waals surface area contributed by atoms with Gasteiger partial charge < -0.3 is 14.1 Å². The van der Waals surface area contributed by atoms with E-state index in [4.69, 9.17) is 9.15 Å². The van der Waals surface area contributed by atoms with E-state index in [1.807, 2.05) is 61.5 Å². The highest BCUT2D eigenvalue weighted by Gasteiger charge is 2.34. The van der Waals surface area contributed by atoms with Crippen molar-refractivity contribution in [2.75, 3.05) is 12.9 Å². The van der Waals surface area contributed by atoms with Gasteiger partial charge in [-0.05, 0) is 66.6 Å². The van der Waals surface area contributed by atoms with E-state index in [-0.39, 0.29) is 17.7 Å². The number of methoxy groups -OCH3 is 1. The minimum atomic E-state index is -0.270. The molecule has 7 nitrogen and oxygen atoms in total. The molecule has 1 aliphatic heterocycles. The van der Waals surface area contributed by atoms with Crippen LogP contribution in [0.25, 0.3) is 11.0 Å². The Hall–Kier alpha value is -3.52. The summed E-state index contributed by atoms with van der Waals surface area (Å²) in [5.41, 5.74) is 4.81. The van der Waals surface area contributed by atoms with Crippen LogP contribution in [0.15, 0.2) is 75.5 Å². The second kappa shape index (κ2) is 8.55. The van der Waals surface area contributed by atoms with Crippen LogP contribution in [-0.2, 0) is 4.79 Å². The number of benzene rings is 2. The van der Waals surface area contributed by atoms with E-state index in [9.17, 15) is 4.79 Å². The van der Waals surface area contributed by atoms with E-state index in [0.717, 1.165) is 39.4 Å². The number of furan rings is 1. The lowest BCUT2D eigenvalue weighted by Crippen LogP contribution is -2.28. The molecule has 0 saturated carbocycles. The third kappa shape index (κ3) is 4.01. The summed E-state index contributed by atoms with van der Waals surface area (Å²) < 4.78 is 10.9. The van der Waals surface area contributed by atoms with Gasteiger partial charge in [-0.25, -0.2) is 9.99 Å². The number of hydrogen-bond donors (Lipinski definition) is 1. The number of nitrogens with one attached hydrogen (secondary N) is 1. The molecule has 2 aromatic heterocycles. The van der Waals surface area contributed by atoms with Gasteiger partial charge in [-0.1, -0.05) is 17.8 Å². The highest BCUT2D eigenvalue weighted by molar-refractivity contribution is 7.99. The normalized spacial score (nSPS) is 15.9. The largest absolute Gasteiger partial charge is 0.497 e. The van der Waals surface area contributed by atoms with Crippen LogP contribution < -0.4 is 4.74 Å². The van der Waals surface area contributed by atoms with Gasteiger partial charge in [0.25, 0.3) is 5.91 Å². The first-order valence-corrected chi connectivity index (χ1v) is 11.3. The van der Waals surface area contributed by atoms with Crippen molar-refractivity contribution in [1.82, 2.24) is 15.0 Å². The molecule has 162 valence electrons. The molecular formula is C24H22N4O3S. The Kier molecular flexibility index (Phi) is 5.45. The molecule has 4 aromatic rings. The zero-order chi connectivity index (χ0) is 22.1. The Morgan fingerprint density at radius 2 is 2.09 bits per heavy atom. The first kappa shape index (κ1) is 20.4. The van der Waals surface area contributed by atoms with Gasteiger partial charge in [0.1, 0.15) is 17.6 Å². The van der Waals surface area contributed by atoms with E-state index in [0.29, 0.717) is 11.6 Å². The molecule has 0 aliphatic carbocycles. The number of carbonyl (C=O) groups is 1. The minimum absolute atomic E-state index is 0.100. The number of H-pyrrole nitrogens is 1. The van der Waals surface area contributed by atoms with E-state index < -0.39 is 0 Å². The molecule has 0 spiro atoms. The minimum Gasteiger partial charge on any atom is -0.497 e. The summed E-state index contributed by atoms with van der Waals surface area (Å²) >= 11 is 1.37. The van der Waals surface area contributed by atoms with Crippen LogP contribution in [0, 0.1) is 6.92 Å². The highest BCUT2D eigenvalue weighted by Crippen LogP contribution is 2.34. The Bertz CT molecular complexity index is 1280. The fourth-order valence-electron chi connectivity index (χ4n) is 3.77. The summed E-state index contributed by atoms with van der Waals surface area (Å²) in [4.78, 5) is 21.0. The number of hydrogen-bond acceptors (Lipinski definition) is 6. The number of aromatic nitrogens is 2. The standard InChI is InChI=1S/C24H22N4O3S/c1-15-5-10-18-20(12-15)26-24(25-18)32-14-23(29)28-21(22-4-3-11-31-22)13-19(27-28)16-6-8-17(30-2)9-7-16/h3-12,21H,13-14H2,1-2H3,(H,25,26)/t21-/m1/s1. The molecule has 3 heterocycles. The van der Waals surface area contributed by atoms with Crippen molar-refractivity contribution in [2.24, 2.45) is 5.10 Å². The van der Waals surface area contributed by atoms with Gasteiger partial charge in [-0.3, -0.25) is 4.79 Å². The van der Waals surface area contributed by atoms with Crippen molar-refractivity contribution in [1.29, 1.82) is 0 Å². The van der Waals surface area contributed by atoms with Gasteiger partial charge in [-0.2, -0.15) is 5.10 Å². The number of nitrogens with zero attached hydrogens (tertiary/aromatic N) is 3. The lowest BCUT2D eigenvalue weighted by molar-refractivity contribution is -0.130. The first-order valence-electron chi connectivity index (χ1n) is 10.3. The van der Waals surface area contributed by atoms with Crippen LogP contribution in [0.4, 0.5) is 0 Å². The summed E-state index contributed by atoms with van der Waals surface area (Å²) in [6.07, 6.45) is 2.20. The summed E-state index contributed by atoms with van der Waals surface area (Å²) in [7, 11) is 1.64. The fraction of sp³-hybridized carbons (Fsp3) is 0.208. The molecule has 0 radical (unpaired) electrons. The molecule has 32 heavy (non-hydrogen) atoms. The van der Waals surface area contributed by atoms with Crippen molar-refractivity contribution in [3.8, 4) is 5.75 Å². The number of imidazole rings is 1. The van der Waals surface area contributed by atoms with E-state index in [1.54, 1.807) is 13.4 Å². The molecule has 0 bridgehead atoms. The smallest absolute Gasteiger partial charge is 0.253 e. The Morgan fingerprint density at radius 1 is 1.25 bits per heavy atom. The number of aromatic amines is 1. The number of amides is 1. The SMILES string of the molecule is COc1ccc(C2=NN(C(=O)CSc3nc4ccc(C)cc4[nH]3)[C@@H](c3ccco3)C2)cc1. The number of ether oxygens (including phenoxy) is 1. The van der Waals surface area contributed by atoms with E-state index in [2.05, 4.69) is 15.1 Å². The van der Waals surface area contributed by atoms with Gasteiger partial charge in [-0.15, -0.1) is 0 Å². The Morgan fingerprint density at radius 3 is 2.84 bits per heavy atom. The van der Waals surface area contributed by atoms with Gasteiger partial charge >= 0.3 is 0 Å². The third-order valence-corrected chi connectivity index (χ3v) is 6.27. The number of hydrazone groups is 1. The van der Waals surface area contributed by atoms with Crippen molar-refractivity contribution >= 4 is 34.4 Å². The molecule has 1 N–H and O–H groups in total. The second-order valence-electron chi connectivity index (χ2n) is 7.60. The van der Waals surface area contributed by atoms with Crippen LogP contribution in [-0.4, -0.2) is 39.5 Å². The van der Waals surface area contributed by atoms with Crippen molar-refractivity contribution in [3.63, 3.8) is 0 Å². The monoisotopic (exact) mass is 446 g/mol. The Labute approximate surface area is 189 Å². The Balaban J connectivity index is 1.36. The molecule has 1 aliphatic rings. The van der Waals surface area contributed by atoms with Crippen molar-refractivity contribution in [3.05, 3.63) is 77.7 Å². The summed E-state index contributed by atoms with van der Waals surface area (Å²) in [6.45, 7) is 2.04. The van der Waals surface area contributed by atoms with Gasteiger partial charge in [0.15, 0.2) is 5.16 Å². The molecule has 0 saturated heterocycles. The van der Waals surface area contributed by atoms with Crippen LogP contribution >= 0.6 is 11.8 Å². The molecule has 2 aromatic carbocycles. The van der Waals surface area contributed by atoms with Gasteiger partial charge in [0.2, 0.25) is 0 Å². The number of aryl methyl sites for hydroxylation is 1. The summed E-state index contributed by atoms with van der Waals surface area (Å²) in [5, 5.41) is 6.93. The lowest BCUT2D eigenvalue weighted by atomic mass is 10.0. The number of thioether (sulfide) groups is 1. The zero-order valence-electron chi connectivity index (χ0n) is 17.7. The average molecular weight is 447 g/mol. The molecule has 0 fully saturated rings. The van der Waals surface area contributed by atoms with E-state index >= 15 is 0 Å². The summed E-state index contributed by atoms with van der Waals surface area (Å²) in [5.74, 6) is 1.61. The van der Waals surface area contributed by atoms with Gasteiger partial charge in [0, 0.05) is 6.42 Å². The number of carbonyl (C=O) groups excluding carboxylic acids is 1. The molecule has 1 atom stereocenters. The van der Waals surface area contributed by atoms with Crippen LogP contribution in [0.5, 0.6) is 5.75 Å². The van der Waals surface area contributed by atoms with Crippen molar-refractivity contribution in [2.45, 2.75) is 24.5 Å². The predicted octanol–water partition coefficient (Wildman–Crippen LogP) is 4.94. The molecular weight excluding hydrogens is 424 g/mol. The van der Waals surface area contributed by atoms with Crippen LogP contribution in [0.3, 0.4) is 0 Å². The van der Waals surface area contributed by atoms with E-state index in [1.165, 1.54) is 16.8 Å². The third-order valence-electron chi connectivity index (χ3n) is 5.41. The maximum atomic E-state index is 13.2. The van der Waals surface area contributed by atoms with Gasteiger partial charge in [0.05, 0.1) is 35.9 Å². The number of rotatable bonds is 6. The maximum Gasteiger partial charge on any atom is 0.253 e. The lowest BCUT2D eigenvalue weighted by Gasteiger charge is -2.19. The molecule has 1 amide bonds. The average Bonchev–Trinajstić information content (AvgIpc) is 3.56. The molecule has 8 heteroatoms. The van der Waals surface area contributed by atoms with Crippen LogP contribution in [0.2, 0.25) is 0 Å². The first-order chi connectivity index (χ1) is 15.6. The quantitative estimate of drug-likeness (QED) is 0.424.